The van der Waals surface area contributed by atoms with Crippen LogP contribution in [0, 0.1) is 0 Å². The molecule has 0 amide bonds. The number of hydrogen-bond donors (Lipinski definition) is 1. The lowest BCUT2D eigenvalue weighted by atomic mass is 10.3. The summed E-state index contributed by atoms with van der Waals surface area (Å²) in [5.41, 5.74) is 0. The van der Waals surface area contributed by atoms with Crippen molar-refractivity contribution < 1.29 is 0 Å². The predicted octanol–water partition coefficient (Wildman–Crippen LogP) is 1.93. The van der Waals surface area contributed by atoms with Gasteiger partial charge in [0.05, 0.1) is 6.20 Å². The minimum atomic E-state index is 0.369. The second-order valence-electron chi connectivity index (χ2n) is 3.76. The van der Waals surface area contributed by atoms with Crippen LogP contribution in [-0.4, -0.2) is 34.3 Å². The van der Waals surface area contributed by atoms with E-state index in [4.69, 9.17) is 0 Å². The fourth-order valence-electron chi connectivity index (χ4n) is 1.38. The molecular weight excluding hydrogens is 202 g/mol. The van der Waals surface area contributed by atoms with Crippen LogP contribution in [-0.2, 0) is 0 Å². The first kappa shape index (κ1) is 12.7. The first-order valence-electron chi connectivity index (χ1n) is 5.92. The third-order valence-electron chi connectivity index (χ3n) is 2.62. The fraction of sp³-hybridized carbons (Fsp3) is 0.727. The molecule has 1 N–H and O–H groups in total. The van der Waals surface area contributed by atoms with Gasteiger partial charge in [0.1, 0.15) is 0 Å². The Hall–Kier alpha value is -1.39. The van der Waals surface area contributed by atoms with E-state index in [2.05, 4.69) is 53.1 Å². The van der Waals surface area contributed by atoms with Crippen LogP contribution >= 0.6 is 0 Å². The molecule has 1 aromatic heterocycles. The van der Waals surface area contributed by atoms with Gasteiger partial charge in [0.25, 0.3) is 0 Å². The molecule has 1 unspecified atom stereocenters. The SMILES string of the molecule is CCC(C)Nc1nncc(N(CC)CC)n1. The third-order valence-corrected chi connectivity index (χ3v) is 2.62. The van der Waals surface area contributed by atoms with E-state index >= 15 is 0 Å². The van der Waals surface area contributed by atoms with Crippen molar-refractivity contribution in [2.24, 2.45) is 0 Å². The van der Waals surface area contributed by atoms with Crippen LogP contribution < -0.4 is 10.2 Å². The van der Waals surface area contributed by atoms with Crippen molar-refractivity contribution in [3.8, 4) is 0 Å². The first-order chi connectivity index (χ1) is 7.71. The highest BCUT2D eigenvalue weighted by molar-refractivity contribution is 5.40. The Bertz CT molecular complexity index is 311. The Morgan fingerprint density at radius 1 is 1.31 bits per heavy atom. The molecular formula is C11H21N5. The molecule has 0 bridgehead atoms. The quantitative estimate of drug-likeness (QED) is 0.798. The average Bonchev–Trinajstić information content (AvgIpc) is 2.31. The molecule has 0 saturated carbocycles. The molecule has 90 valence electrons. The van der Waals surface area contributed by atoms with Gasteiger partial charge in [0.15, 0.2) is 5.82 Å². The Morgan fingerprint density at radius 3 is 2.56 bits per heavy atom. The summed E-state index contributed by atoms with van der Waals surface area (Å²) in [6.07, 6.45) is 2.74. The monoisotopic (exact) mass is 223 g/mol. The molecule has 0 aliphatic carbocycles. The van der Waals surface area contributed by atoms with Gasteiger partial charge >= 0.3 is 0 Å². The lowest BCUT2D eigenvalue weighted by molar-refractivity contribution is 0.741. The smallest absolute Gasteiger partial charge is 0.244 e. The number of nitrogens with one attached hydrogen (secondary N) is 1. The van der Waals surface area contributed by atoms with E-state index in [0.717, 1.165) is 25.3 Å². The number of aromatic nitrogens is 3. The number of anilines is 2. The normalized spacial score (nSPS) is 12.2. The van der Waals surface area contributed by atoms with Crippen molar-refractivity contribution in [3.05, 3.63) is 6.20 Å². The molecule has 0 aliphatic heterocycles. The molecule has 5 heteroatoms. The maximum absolute atomic E-state index is 4.44. The molecule has 1 atom stereocenters. The highest BCUT2D eigenvalue weighted by Crippen LogP contribution is 2.10. The van der Waals surface area contributed by atoms with Crippen LogP contribution in [0.5, 0.6) is 0 Å². The van der Waals surface area contributed by atoms with Gasteiger partial charge in [-0.1, -0.05) is 6.92 Å². The number of hydrogen-bond acceptors (Lipinski definition) is 5. The second kappa shape index (κ2) is 6.25. The highest BCUT2D eigenvalue weighted by atomic mass is 15.3. The molecule has 0 fully saturated rings. The number of nitrogens with zero attached hydrogens (tertiary/aromatic N) is 4. The van der Waals surface area contributed by atoms with E-state index in [1.54, 1.807) is 6.20 Å². The molecule has 0 aromatic carbocycles. The molecule has 0 saturated heterocycles. The van der Waals surface area contributed by atoms with Crippen LogP contribution in [0.4, 0.5) is 11.8 Å². The topological polar surface area (TPSA) is 53.9 Å². The lowest BCUT2D eigenvalue weighted by Crippen LogP contribution is -2.24. The van der Waals surface area contributed by atoms with Gasteiger partial charge in [-0.3, -0.25) is 0 Å². The summed E-state index contributed by atoms with van der Waals surface area (Å²) < 4.78 is 0. The molecule has 1 rings (SSSR count). The van der Waals surface area contributed by atoms with Crippen LogP contribution in [0.2, 0.25) is 0 Å². The summed E-state index contributed by atoms with van der Waals surface area (Å²) in [5.74, 6) is 1.49. The van der Waals surface area contributed by atoms with E-state index in [1.165, 1.54) is 0 Å². The molecule has 0 spiro atoms. The standard InChI is InChI=1S/C11H21N5/c1-5-9(4)13-11-14-10(8-12-15-11)16(6-2)7-3/h8-9H,5-7H2,1-4H3,(H,13,14,15). The summed E-state index contributed by atoms with van der Waals surface area (Å²) >= 11 is 0. The molecule has 0 radical (unpaired) electrons. The number of rotatable bonds is 6. The van der Waals surface area contributed by atoms with Gasteiger partial charge < -0.3 is 10.2 Å². The minimum Gasteiger partial charge on any atom is -0.356 e. The zero-order valence-electron chi connectivity index (χ0n) is 10.6. The van der Waals surface area contributed by atoms with Crippen molar-refractivity contribution >= 4 is 11.8 Å². The van der Waals surface area contributed by atoms with Crippen molar-refractivity contribution in [3.63, 3.8) is 0 Å². The maximum atomic E-state index is 4.44. The van der Waals surface area contributed by atoms with Gasteiger partial charge in [-0.25, -0.2) is 0 Å². The van der Waals surface area contributed by atoms with E-state index in [9.17, 15) is 0 Å². The highest BCUT2D eigenvalue weighted by Gasteiger charge is 2.07. The summed E-state index contributed by atoms with van der Waals surface area (Å²) in [4.78, 5) is 6.59. The second-order valence-corrected chi connectivity index (χ2v) is 3.76. The largest absolute Gasteiger partial charge is 0.356 e. The van der Waals surface area contributed by atoms with Crippen molar-refractivity contribution in [2.45, 2.75) is 40.2 Å². The predicted molar refractivity (Wildman–Crippen MR) is 66.8 cm³/mol. The Kier molecular flexibility index (Phi) is 4.95. The molecule has 0 aliphatic rings. The van der Waals surface area contributed by atoms with Crippen molar-refractivity contribution in [2.75, 3.05) is 23.3 Å². The van der Waals surface area contributed by atoms with E-state index in [-0.39, 0.29) is 0 Å². The van der Waals surface area contributed by atoms with Gasteiger partial charge in [-0.2, -0.15) is 10.1 Å². The minimum absolute atomic E-state index is 0.369. The van der Waals surface area contributed by atoms with Crippen molar-refractivity contribution in [1.29, 1.82) is 0 Å². The summed E-state index contributed by atoms with van der Waals surface area (Å²) in [7, 11) is 0. The summed E-state index contributed by atoms with van der Waals surface area (Å²) in [5, 5.41) is 11.2. The molecule has 5 nitrogen and oxygen atoms in total. The Labute approximate surface area is 97.3 Å². The van der Waals surface area contributed by atoms with Crippen LogP contribution in [0.1, 0.15) is 34.1 Å². The van der Waals surface area contributed by atoms with Crippen molar-refractivity contribution in [1.82, 2.24) is 15.2 Å². The lowest BCUT2D eigenvalue weighted by Gasteiger charge is -2.19. The zero-order valence-corrected chi connectivity index (χ0v) is 10.6. The van der Waals surface area contributed by atoms with E-state index in [1.807, 2.05) is 0 Å². The summed E-state index contributed by atoms with van der Waals surface area (Å²) in [6.45, 7) is 10.3. The Morgan fingerprint density at radius 2 is 2.00 bits per heavy atom. The first-order valence-corrected chi connectivity index (χ1v) is 5.92. The maximum Gasteiger partial charge on any atom is 0.244 e. The van der Waals surface area contributed by atoms with Gasteiger partial charge in [0.2, 0.25) is 5.95 Å². The van der Waals surface area contributed by atoms with Gasteiger partial charge in [0, 0.05) is 19.1 Å². The van der Waals surface area contributed by atoms with Crippen LogP contribution in [0.25, 0.3) is 0 Å². The van der Waals surface area contributed by atoms with Gasteiger partial charge in [-0.05, 0) is 27.2 Å². The van der Waals surface area contributed by atoms with Crippen LogP contribution in [0.15, 0.2) is 6.20 Å². The Balaban J connectivity index is 2.77. The summed E-state index contributed by atoms with van der Waals surface area (Å²) in [6, 6.07) is 0.369. The van der Waals surface area contributed by atoms with Crippen LogP contribution in [0.3, 0.4) is 0 Å². The van der Waals surface area contributed by atoms with E-state index < -0.39 is 0 Å². The molecule has 1 aromatic rings. The third kappa shape index (κ3) is 3.32. The fourth-order valence-corrected chi connectivity index (χ4v) is 1.38. The average molecular weight is 223 g/mol. The molecule has 16 heavy (non-hydrogen) atoms. The molecule has 1 heterocycles. The van der Waals surface area contributed by atoms with Gasteiger partial charge in [-0.15, -0.1) is 5.10 Å². The zero-order chi connectivity index (χ0) is 12.0. The van der Waals surface area contributed by atoms with E-state index in [0.29, 0.717) is 12.0 Å².